The second kappa shape index (κ2) is 8.42. The van der Waals surface area contributed by atoms with Crippen LogP contribution in [-0.2, 0) is 4.74 Å². The average molecular weight is 382 g/mol. The van der Waals surface area contributed by atoms with Crippen LogP contribution < -0.4 is 0 Å². The number of hydrogen-bond donors (Lipinski definition) is 0. The van der Waals surface area contributed by atoms with Gasteiger partial charge < -0.3 is 10.1 Å². The maximum atomic E-state index is 10.6. The van der Waals surface area contributed by atoms with Gasteiger partial charge in [-0.3, -0.25) is 4.79 Å². The van der Waals surface area contributed by atoms with E-state index in [9.17, 15) is 4.79 Å². The molecule has 11 heavy (non-hydrogen) atoms. The van der Waals surface area contributed by atoms with Crippen molar-refractivity contribution in [3.05, 3.63) is 5.32 Å². The monoisotopic (exact) mass is 382 g/mol. The van der Waals surface area contributed by atoms with Crippen molar-refractivity contribution < 1.29 is 40.6 Å². The second-order valence-corrected chi connectivity index (χ2v) is 2.31. The minimum absolute atomic E-state index is 0. The predicted molar refractivity (Wildman–Crippen MR) is 40.1 cm³/mol. The third-order valence-corrected chi connectivity index (χ3v) is 0.801. The Bertz CT molecular complexity index is 107. The fourth-order valence-electron chi connectivity index (χ4n) is 0.442. The predicted octanol–water partition coefficient (Wildman–Crippen LogP) is 2.32. The van der Waals surface area contributed by atoms with Crippen LogP contribution in [0.2, 0.25) is 0 Å². The van der Waals surface area contributed by atoms with Crippen LogP contribution in [0.1, 0.15) is 27.2 Å². The van der Waals surface area contributed by atoms with Gasteiger partial charge in [-0.1, -0.05) is 13.3 Å². The van der Waals surface area contributed by atoms with E-state index < -0.39 is 6.09 Å². The summed E-state index contributed by atoms with van der Waals surface area (Å²) in [5.41, 5.74) is 0. The van der Waals surface area contributed by atoms with Crippen LogP contribution in [-0.4, -0.2) is 18.7 Å². The first kappa shape index (κ1) is 13.9. The second-order valence-electron chi connectivity index (χ2n) is 2.31. The zero-order valence-electron chi connectivity index (χ0n) is 7.26. The summed E-state index contributed by atoms with van der Waals surface area (Å²) in [6.07, 6.45) is 0.373. The van der Waals surface area contributed by atoms with Crippen LogP contribution in [0.4, 0.5) is 4.79 Å². The van der Waals surface area contributed by atoms with E-state index >= 15 is 0 Å². The summed E-state index contributed by atoms with van der Waals surface area (Å²) in [6.45, 7) is 6.14. The Kier molecular flexibility index (Phi) is 10.6. The minimum atomic E-state index is -0.447. The molecule has 0 saturated heterocycles. The minimum Gasteiger partial charge on any atom is -0.617 e. The molecule has 0 rings (SSSR count). The number of carbonyl (C=O) groups excluding carboxylic acids is 1. The van der Waals surface area contributed by atoms with Gasteiger partial charge in [-0.2, -0.15) is 0 Å². The van der Waals surface area contributed by atoms with Gasteiger partial charge in [-0.15, -0.1) is 6.54 Å². The van der Waals surface area contributed by atoms with Crippen molar-refractivity contribution in [3.8, 4) is 0 Å². The van der Waals surface area contributed by atoms with E-state index in [1.165, 1.54) is 0 Å². The molecule has 3 nitrogen and oxygen atoms in total. The fraction of sp³-hybridized carbons (Fsp3) is 0.857. The van der Waals surface area contributed by atoms with Crippen LogP contribution >= 0.6 is 0 Å². The Balaban J connectivity index is 0. The van der Waals surface area contributed by atoms with Crippen LogP contribution in [0.15, 0.2) is 0 Å². The number of amides is 1. The Hall–Kier alpha value is 0.322. The molecule has 1 amide bonds. The molecule has 0 radical (unpaired) electrons. The van der Waals surface area contributed by atoms with E-state index in [-0.39, 0.29) is 37.2 Å². The van der Waals surface area contributed by atoms with Crippen molar-refractivity contribution in [3.63, 3.8) is 0 Å². The van der Waals surface area contributed by atoms with Gasteiger partial charge in [0.15, 0.2) is 0 Å². The third kappa shape index (κ3) is 10.3. The molecule has 0 spiro atoms. The van der Waals surface area contributed by atoms with Gasteiger partial charge in [0.05, 0.1) is 6.10 Å². The molecule has 0 saturated carbocycles. The summed E-state index contributed by atoms with van der Waals surface area (Å²) in [7, 11) is 0. The van der Waals surface area contributed by atoms with Crippen LogP contribution in [0, 0.1) is 31.1 Å². The molecule has 0 aliphatic rings. The van der Waals surface area contributed by atoms with Crippen molar-refractivity contribution in [1.82, 2.24) is 0 Å². The molecule has 0 aliphatic carbocycles. The molecule has 0 aromatic carbocycles. The maximum Gasteiger partial charge on any atom is 0.229 e. The van der Waals surface area contributed by atoms with Crippen molar-refractivity contribution in [1.29, 1.82) is 0 Å². The fourth-order valence-corrected chi connectivity index (χ4v) is 0.442. The first-order valence-electron chi connectivity index (χ1n) is 3.55. The van der Waals surface area contributed by atoms with Crippen LogP contribution in [0.25, 0.3) is 5.32 Å². The van der Waals surface area contributed by atoms with Gasteiger partial charge in [0.25, 0.3) is 0 Å². The molecule has 0 bridgehead atoms. The molecule has 4 heteroatoms. The normalized spacial score (nSPS) is 8.73. The summed E-state index contributed by atoms with van der Waals surface area (Å²) in [5, 5.41) is 3.62. The van der Waals surface area contributed by atoms with Crippen LogP contribution in [0.5, 0.6) is 0 Å². The average Bonchev–Trinajstić information content (AvgIpc) is 1.82. The van der Waals surface area contributed by atoms with Crippen molar-refractivity contribution in [2.24, 2.45) is 0 Å². The van der Waals surface area contributed by atoms with E-state index in [0.717, 1.165) is 6.42 Å². The molecule has 64 valence electrons. The van der Waals surface area contributed by atoms with Gasteiger partial charge in [0, 0.05) is 31.1 Å². The topological polar surface area (TPSA) is 40.4 Å². The SMILES string of the molecule is CCC[N-]C(=O)OC(C)C.[U]. The van der Waals surface area contributed by atoms with Gasteiger partial charge in [0.1, 0.15) is 0 Å². The Morgan fingerprint density at radius 2 is 2.09 bits per heavy atom. The quantitative estimate of drug-likeness (QED) is 0.752. The van der Waals surface area contributed by atoms with E-state index in [0.29, 0.717) is 6.54 Å². The Morgan fingerprint density at radius 3 is 2.45 bits per heavy atom. The van der Waals surface area contributed by atoms with E-state index in [1.54, 1.807) is 13.8 Å². The van der Waals surface area contributed by atoms with Gasteiger partial charge in [0.2, 0.25) is 6.09 Å². The van der Waals surface area contributed by atoms with Crippen molar-refractivity contribution in [2.75, 3.05) is 6.54 Å². The maximum absolute atomic E-state index is 10.6. The van der Waals surface area contributed by atoms with E-state index in [4.69, 9.17) is 4.74 Å². The molecular weight excluding hydrogens is 368 g/mol. The van der Waals surface area contributed by atoms with Gasteiger partial charge in [-0.05, 0) is 13.8 Å². The summed E-state index contributed by atoms with van der Waals surface area (Å²) >= 11 is 0. The number of ether oxygens (including phenoxy) is 1. The Morgan fingerprint density at radius 1 is 1.55 bits per heavy atom. The zero-order chi connectivity index (χ0) is 7.98. The summed E-state index contributed by atoms with van der Waals surface area (Å²) in [6, 6.07) is 0. The number of nitrogens with zero attached hydrogens (tertiary/aromatic N) is 1. The standard InChI is InChI=1S/C7H15NO2.U/c1-4-5-8-7(9)10-6(2)3;/h6H,4-5H2,1-3H3,(H,8,9);/p-1. The van der Waals surface area contributed by atoms with E-state index in [2.05, 4.69) is 5.32 Å². The molecular formula is C7H14NO2U-. The third-order valence-electron chi connectivity index (χ3n) is 0.801. The van der Waals surface area contributed by atoms with Gasteiger partial charge >= 0.3 is 0 Å². The van der Waals surface area contributed by atoms with Crippen LogP contribution in [0.3, 0.4) is 0 Å². The smallest absolute Gasteiger partial charge is 0.229 e. The summed E-state index contributed by atoms with van der Waals surface area (Å²) in [5.74, 6) is 0. The number of rotatable bonds is 3. The zero-order valence-corrected chi connectivity index (χ0v) is 11.4. The first-order chi connectivity index (χ1) is 4.66. The van der Waals surface area contributed by atoms with Crippen molar-refractivity contribution >= 4 is 6.09 Å². The Labute approximate surface area is 91.6 Å². The molecule has 0 unspecified atom stereocenters. The van der Waals surface area contributed by atoms with Gasteiger partial charge in [-0.25, -0.2) is 0 Å². The van der Waals surface area contributed by atoms with Crippen molar-refractivity contribution in [2.45, 2.75) is 33.3 Å². The molecule has 0 fully saturated rings. The molecule has 0 heterocycles. The number of hydrogen-bond acceptors (Lipinski definition) is 2. The summed E-state index contributed by atoms with van der Waals surface area (Å²) < 4.78 is 4.75. The number of carbonyl (C=O) groups is 1. The molecule has 0 aromatic heterocycles. The molecule has 0 atom stereocenters. The largest absolute Gasteiger partial charge is 0.617 e. The first-order valence-corrected chi connectivity index (χ1v) is 3.55. The molecule has 0 aromatic rings. The van der Waals surface area contributed by atoms with E-state index in [1.807, 2.05) is 6.92 Å². The molecule has 0 N–H and O–H groups in total. The molecule has 0 aliphatic heterocycles. The summed E-state index contributed by atoms with van der Waals surface area (Å²) in [4.78, 5) is 10.6.